The summed E-state index contributed by atoms with van der Waals surface area (Å²) in [6, 6.07) is 13.7. The molecule has 3 N–H and O–H groups in total. The van der Waals surface area contributed by atoms with Gasteiger partial charge < -0.3 is 24.8 Å². The van der Waals surface area contributed by atoms with E-state index in [1.54, 1.807) is 43.8 Å². The molecule has 0 saturated heterocycles. The minimum Gasteiger partial charge on any atom is -0.508 e. The van der Waals surface area contributed by atoms with Crippen LogP contribution >= 0.6 is 68.3 Å². The topological polar surface area (TPSA) is 134 Å². The zero-order chi connectivity index (χ0) is 34.6. The Morgan fingerprint density at radius 3 is 2.29 bits per heavy atom. The molecule has 0 aromatic heterocycles. The molecule has 258 valence electrons. The van der Waals surface area contributed by atoms with E-state index < -0.39 is 39.0 Å². The Balaban J connectivity index is 1.12. The molecule has 0 unspecified atom stereocenters. The Morgan fingerprint density at radius 2 is 1.65 bits per heavy atom. The predicted octanol–water partition coefficient (Wildman–Crippen LogP) is 7.21. The van der Waals surface area contributed by atoms with E-state index in [-0.39, 0.29) is 54.0 Å². The van der Waals surface area contributed by atoms with Gasteiger partial charge in [0, 0.05) is 64.0 Å². The van der Waals surface area contributed by atoms with Crippen molar-refractivity contribution in [2.45, 2.75) is 80.5 Å². The number of hydrogen-bond donors (Lipinski definition) is 3. The molecule has 0 spiro atoms. The smallest absolute Gasteiger partial charge is 0.339 e. The van der Waals surface area contributed by atoms with Gasteiger partial charge in [0.2, 0.25) is 5.78 Å². The molecule has 9 nitrogen and oxygen atoms in total. The third-order valence-corrected chi connectivity index (χ3v) is 16.7. The van der Waals surface area contributed by atoms with Crippen LogP contribution < -0.4 is 4.74 Å². The first-order valence-electron chi connectivity index (χ1n) is 16.3. The third kappa shape index (κ3) is 6.36. The number of benzene rings is 2. The van der Waals surface area contributed by atoms with Crippen molar-refractivity contribution in [2.75, 3.05) is 6.61 Å². The zero-order valence-electron chi connectivity index (χ0n) is 26.8. The molecule has 8 atom stereocenters. The van der Waals surface area contributed by atoms with E-state index in [9.17, 15) is 29.7 Å². The van der Waals surface area contributed by atoms with Crippen molar-refractivity contribution >= 4 is 85.9 Å². The molecule has 2 aromatic rings. The number of allylic oxidation sites excluding steroid dienone is 1. The largest absolute Gasteiger partial charge is 0.508 e. The van der Waals surface area contributed by atoms with Gasteiger partial charge in [-0.25, -0.2) is 4.79 Å². The number of ether oxygens (including phenoxy) is 2. The van der Waals surface area contributed by atoms with Crippen LogP contribution in [-0.2, 0) is 25.5 Å². The fraction of sp³-hybridized carbons (Fsp3) is 0.528. The molecule has 0 aliphatic heterocycles. The maximum atomic E-state index is 13.9. The number of esters is 1. The second kappa shape index (κ2) is 13.7. The first-order chi connectivity index (χ1) is 22.6. The van der Waals surface area contributed by atoms with Gasteiger partial charge in [0.05, 0.1) is 6.10 Å². The van der Waals surface area contributed by atoms with Crippen LogP contribution in [-0.4, -0.2) is 56.0 Å². The second-order valence-electron chi connectivity index (χ2n) is 14.4. The van der Waals surface area contributed by atoms with E-state index in [1.165, 1.54) is 0 Å². The first-order valence-corrected chi connectivity index (χ1v) is 19.3. The van der Waals surface area contributed by atoms with Crippen LogP contribution in [0.4, 0.5) is 0 Å². The van der Waals surface area contributed by atoms with Crippen LogP contribution in [0.25, 0.3) is 0 Å². The molecule has 4 aliphatic rings. The molecular weight excluding hydrogens is 955 g/mol. The summed E-state index contributed by atoms with van der Waals surface area (Å²) in [4.78, 5) is 39.7. The Morgan fingerprint density at radius 1 is 1.00 bits per heavy atom. The number of hydrogen-bond acceptors (Lipinski definition) is 9. The normalized spacial score (nSPS) is 33.9. The van der Waals surface area contributed by atoms with Gasteiger partial charge in [-0.05, 0) is 132 Å². The third-order valence-electron chi connectivity index (χ3n) is 11.9. The van der Waals surface area contributed by atoms with Gasteiger partial charge in [-0.15, -0.1) is 0 Å². The standard InChI is InChI=1S/C36H40I3NO8/c1-33-15-13-24(42)17-22(33)5-12-27-28-14-16-35(46,34(28,2)19-29(43)31(27)33)30(44)20-47-32(45)36(37,40(38)39)18-21-3-8-25(9-4-21)48-26-10-6-23(41)7-11-26/h3-4,6-11,17,27-29,31,41,43,46H,5,12-16,18-20H2,1-2H3/t27-,28-,29-,31+,33-,34-,35-,36-/m0/s1. The zero-order valence-corrected chi connectivity index (χ0v) is 33.3. The van der Waals surface area contributed by atoms with Crippen LogP contribution in [0.1, 0.15) is 64.4 Å². The molecule has 3 saturated carbocycles. The molecule has 0 bridgehead atoms. The van der Waals surface area contributed by atoms with Gasteiger partial charge in [0.25, 0.3) is 0 Å². The van der Waals surface area contributed by atoms with Crippen LogP contribution in [0.5, 0.6) is 17.2 Å². The van der Waals surface area contributed by atoms with Gasteiger partial charge in [0.15, 0.2) is 15.9 Å². The monoisotopic (exact) mass is 995 g/mol. The lowest BCUT2D eigenvalue weighted by Crippen LogP contribution is -2.62. The number of phenolic OH excluding ortho intramolecular Hbond substituents is 1. The van der Waals surface area contributed by atoms with Crippen LogP contribution in [0.3, 0.4) is 0 Å². The van der Waals surface area contributed by atoms with Crippen molar-refractivity contribution in [1.29, 1.82) is 0 Å². The molecular formula is C36H40I3NO8. The highest BCUT2D eigenvalue weighted by Crippen LogP contribution is 2.67. The van der Waals surface area contributed by atoms with Crippen molar-refractivity contribution in [3.63, 3.8) is 0 Å². The molecule has 2 aromatic carbocycles. The van der Waals surface area contributed by atoms with Gasteiger partial charge in [-0.3, -0.25) is 9.59 Å². The van der Waals surface area contributed by atoms with Crippen LogP contribution in [0.2, 0.25) is 0 Å². The average Bonchev–Trinajstić information content (AvgIpc) is 3.32. The summed E-state index contributed by atoms with van der Waals surface area (Å²) in [5, 5.41) is 33.3. The van der Waals surface area contributed by atoms with Gasteiger partial charge >= 0.3 is 5.97 Å². The number of nitrogens with zero attached hydrogens (tertiary/aromatic N) is 1. The maximum absolute atomic E-state index is 13.9. The molecule has 0 amide bonds. The number of Topliss-reactive ketones (excluding diaryl/α,β-unsaturated/α-hetero) is 1. The van der Waals surface area contributed by atoms with Crippen molar-refractivity contribution < 1.29 is 39.2 Å². The summed E-state index contributed by atoms with van der Waals surface area (Å²) < 4.78 is 12.1. The number of aliphatic hydroxyl groups is 2. The fourth-order valence-corrected chi connectivity index (χ4v) is 10.6. The summed E-state index contributed by atoms with van der Waals surface area (Å²) >= 11 is 6.10. The van der Waals surface area contributed by atoms with Crippen molar-refractivity contribution in [2.24, 2.45) is 28.6 Å². The highest BCUT2D eigenvalue weighted by Gasteiger charge is 2.68. The summed E-state index contributed by atoms with van der Waals surface area (Å²) in [7, 11) is 0. The molecule has 48 heavy (non-hydrogen) atoms. The minimum absolute atomic E-state index is 0.0229. The number of fused-ring (bicyclic) bond motifs is 5. The fourth-order valence-electron chi connectivity index (χ4n) is 9.31. The van der Waals surface area contributed by atoms with E-state index >= 15 is 0 Å². The molecule has 12 heteroatoms. The van der Waals surface area contributed by atoms with E-state index in [4.69, 9.17) is 9.47 Å². The molecule has 4 aliphatic carbocycles. The molecule has 6 rings (SSSR count). The summed E-state index contributed by atoms with van der Waals surface area (Å²) in [5.41, 5.74) is -0.853. The number of ketones is 2. The second-order valence-corrected chi connectivity index (χ2v) is 19.9. The van der Waals surface area contributed by atoms with E-state index in [2.05, 4.69) is 6.92 Å². The maximum Gasteiger partial charge on any atom is 0.339 e. The lowest BCUT2D eigenvalue weighted by molar-refractivity contribution is -0.184. The number of alkyl halides is 1. The lowest BCUT2D eigenvalue weighted by Gasteiger charge is -2.60. The lowest BCUT2D eigenvalue weighted by atomic mass is 9.45. The predicted molar refractivity (Wildman–Crippen MR) is 204 cm³/mol. The van der Waals surface area contributed by atoms with E-state index in [1.807, 2.05) is 87.4 Å². The number of rotatable bonds is 9. The van der Waals surface area contributed by atoms with Crippen LogP contribution in [0.15, 0.2) is 60.2 Å². The Bertz CT molecular complexity index is 1620. The number of halogens is 3. The SMILES string of the molecule is C[C@]12CCC(=O)C=C1CC[C@@H]1[C@@H]2[C@@H](O)C[C@@]2(C)[C@H]1CC[C@]2(O)C(=O)COC(=O)[C@](I)(Cc1ccc(Oc2ccc(O)cc2)cc1)N(I)I. The molecule has 0 heterocycles. The summed E-state index contributed by atoms with van der Waals surface area (Å²) in [6.45, 7) is 3.55. The van der Waals surface area contributed by atoms with Crippen LogP contribution in [0, 0.1) is 28.6 Å². The quantitative estimate of drug-likeness (QED) is 0.0785. The van der Waals surface area contributed by atoms with Crippen molar-refractivity contribution in [3.05, 3.63) is 65.7 Å². The van der Waals surface area contributed by atoms with Gasteiger partial charge in [0.1, 0.15) is 22.8 Å². The summed E-state index contributed by atoms with van der Waals surface area (Å²) in [6.07, 6.45) is 5.38. The Hall–Kier alpha value is -1.34. The van der Waals surface area contributed by atoms with Gasteiger partial charge in [-0.1, -0.05) is 31.6 Å². The number of aromatic hydroxyl groups is 1. The molecule has 3 fully saturated rings. The first kappa shape index (κ1) is 36.5. The number of carbonyl (C=O) groups is 3. The Kier molecular flexibility index (Phi) is 10.4. The highest BCUT2D eigenvalue weighted by molar-refractivity contribution is 14.2. The highest BCUT2D eigenvalue weighted by atomic mass is 127. The Labute approximate surface area is 322 Å². The van der Waals surface area contributed by atoms with Gasteiger partial charge in [-0.2, -0.15) is 1.33 Å². The molecule has 0 radical (unpaired) electrons. The average molecular weight is 995 g/mol. The van der Waals surface area contributed by atoms with E-state index in [0.717, 1.165) is 30.4 Å². The van der Waals surface area contributed by atoms with E-state index in [0.29, 0.717) is 24.3 Å². The number of phenols is 1. The number of carbonyl (C=O) groups excluding carboxylic acids is 3. The van der Waals surface area contributed by atoms with Crippen molar-refractivity contribution in [1.82, 2.24) is 1.33 Å². The number of aliphatic hydroxyl groups excluding tert-OH is 1. The minimum atomic E-state index is -1.72. The summed E-state index contributed by atoms with van der Waals surface area (Å²) in [5.74, 6) is 0.508. The van der Waals surface area contributed by atoms with Crippen molar-refractivity contribution in [3.8, 4) is 17.2 Å².